The minimum atomic E-state index is -6.37. The fourth-order valence-electron chi connectivity index (χ4n) is 1.09. The Balaban J connectivity index is 3.64. The van der Waals surface area contributed by atoms with Gasteiger partial charge in [-0.2, -0.15) is 34.8 Å². The molecular weight excluding hydrogens is 285 g/mol. The number of hydrogen-bond donors (Lipinski definition) is 1. The lowest BCUT2D eigenvalue weighted by Crippen LogP contribution is -2.67. The standard InChI is InChI=1S/C6H3F7O3S/c7-3(8)1-2-4(9,17(14,15)16)6(12,13)5(3,10)11/h1-2H,(H,14,15,16). The molecular formula is C6H3F7O3S. The van der Waals surface area contributed by atoms with Gasteiger partial charge in [0, 0.05) is 0 Å². The van der Waals surface area contributed by atoms with Gasteiger partial charge in [-0.3, -0.25) is 4.55 Å². The normalized spacial score (nSPS) is 34.6. The molecule has 0 spiro atoms. The Labute approximate surface area is 89.7 Å². The van der Waals surface area contributed by atoms with Crippen molar-refractivity contribution in [1.29, 1.82) is 0 Å². The maximum absolute atomic E-state index is 13.2. The van der Waals surface area contributed by atoms with Crippen molar-refractivity contribution in [2.75, 3.05) is 0 Å². The van der Waals surface area contributed by atoms with Crippen LogP contribution in [0.3, 0.4) is 0 Å². The number of rotatable bonds is 1. The van der Waals surface area contributed by atoms with Gasteiger partial charge in [0.05, 0.1) is 0 Å². The van der Waals surface area contributed by atoms with Crippen LogP contribution in [-0.4, -0.2) is 35.7 Å². The van der Waals surface area contributed by atoms with Crippen molar-refractivity contribution in [3.05, 3.63) is 12.2 Å². The number of alkyl halides is 7. The van der Waals surface area contributed by atoms with E-state index in [1.54, 1.807) is 0 Å². The average Bonchev–Trinajstić information content (AvgIpc) is 2.09. The van der Waals surface area contributed by atoms with E-state index in [1.807, 2.05) is 0 Å². The Bertz CT molecular complexity index is 468. The minimum absolute atomic E-state index is 1.00. The predicted molar refractivity (Wildman–Crippen MR) is 39.4 cm³/mol. The van der Waals surface area contributed by atoms with E-state index in [9.17, 15) is 39.2 Å². The van der Waals surface area contributed by atoms with Crippen molar-refractivity contribution in [2.45, 2.75) is 22.8 Å². The summed E-state index contributed by atoms with van der Waals surface area (Å²) in [5, 5.41) is -5.31. The molecule has 3 nitrogen and oxygen atoms in total. The van der Waals surface area contributed by atoms with Gasteiger partial charge in [0.1, 0.15) is 0 Å². The maximum atomic E-state index is 13.2. The molecule has 0 saturated heterocycles. The zero-order valence-corrected chi connectivity index (χ0v) is 8.29. The van der Waals surface area contributed by atoms with Crippen molar-refractivity contribution in [1.82, 2.24) is 0 Å². The molecule has 1 N–H and O–H groups in total. The molecule has 1 aliphatic carbocycles. The molecule has 0 aromatic rings. The van der Waals surface area contributed by atoms with Crippen molar-refractivity contribution >= 4 is 10.1 Å². The molecule has 0 heterocycles. The van der Waals surface area contributed by atoms with E-state index in [1.165, 1.54) is 0 Å². The molecule has 0 amide bonds. The Kier molecular flexibility index (Phi) is 2.62. The molecule has 100 valence electrons. The SMILES string of the molecule is O=S(=O)(O)C1(F)C=CC(F)(F)C(F)(F)C1(F)F. The van der Waals surface area contributed by atoms with Gasteiger partial charge in [-0.25, -0.2) is 4.39 Å². The van der Waals surface area contributed by atoms with Gasteiger partial charge >= 0.3 is 32.9 Å². The van der Waals surface area contributed by atoms with E-state index in [0.717, 1.165) is 0 Å². The van der Waals surface area contributed by atoms with E-state index in [-0.39, 0.29) is 0 Å². The first kappa shape index (κ1) is 14.2. The second-order valence-corrected chi connectivity index (χ2v) is 4.77. The molecule has 1 unspecified atom stereocenters. The van der Waals surface area contributed by atoms with Gasteiger partial charge in [-0.15, -0.1) is 0 Å². The highest BCUT2D eigenvalue weighted by Crippen LogP contribution is 2.57. The number of halogens is 7. The highest BCUT2D eigenvalue weighted by Gasteiger charge is 2.84. The Morgan fingerprint density at radius 3 is 1.59 bits per heavy atom. The van der Waals surface area contributed by atoms with Gasteiger partial charge in [-0.05, 0) is 12.2 Å². The van der Waals surface area contributed by atoms with Crippen molar-refractivity contribution in [3.63, 3.8) is 0 Å². The largest absolute Gasteiger partial charge is 0.380 e. The van der Waals surface area contributed by atoms with E-state index < -0.39 is 45.0 Å². The minimum Gasteiger partial charge on any atom is -0.283 e. The highest BCUT2D eigenvalue weighted by molar-refractivity contribution is 7.87. The molecule has 0 aliphatic heterocycles. The molecule has 0 aromatic carbocycles. The summed E-state index contributed by atoms with van der Waals surface area (Å²) in [6.45, 7) is 0. The van der Waals surface area contributed by atoms with Crippen LogP contribution in [0.5, 0.6) is 0 Å². The first-order valence-corrected chi connectivity index (χ1v) is 5.14. The lowest BCUT2D eigenvalue weighted by Gasteiger charge is -2.39. The van der Waals surface area contributed by atoms with Crippen LogP contribution in [-0.2, 0) is 10.1 Å². The zero-order chi connectivity index (χ0) is 13.9. The number of hydrogen-bond acceptors (Lipinski definition) is 2. The van der Waals surface area contributed by atoms with Crippen LogP contribution < -0.4 is 0 Å². The van der Waals surface area contributed by atoms with Crippen LogP contribution in [0.4, 0.5) is 30.7 Å². The smallest absolute Gasteiger partial charge is 0.283 e. The molecule has 0 bridgehead atoms. The fourth-order valence-corrected chi connectivity index (χ4v) is 1.78. The van der Waals surface area contributed by atoms with E-state index in [4.69, 9.17) is 4.55 Å². The first-order chi connectivity index (χ1) is 7.21. The maximum Gasteiger partial charge on any atom is 0.380 e. The van der Waals surface area contributed by atoms with Gasteiger partial charge in [0.15, 0.2) is 0 Å². The van der Waals surface area contributed by atoms with Gasteiger partial charge < -0.3 is 0 Å². The Hall–Kier alpha value is -0.840. The van der Waals surface area contributed by atoms with E-state index in [0.29, 0.717) is 0 Å². The summed E-state index contributed by atoms with van der Waals surface area (Å²) < 4.78 is 118. The third-order valence-electron chi connectivity index (χ3n) is 2.12. The molecule has 0 fully saturated rings. The van der Waals surface area contributed by atoms with Crippen LogP contribution in [0.2, 0.25) is 0 Å². The summed E-state index contributed by atoms with van der Waals surface area (Å²) in [6, 6.07) is 0. The first-order valence-electron chi connectivity index (χ1n) is 3.70. The van der Waals surface area contributed by atoms with Crippen molar-refractivity contribution in [2.24, 2.45) is 0 Å². The molecule has 0 saturated carbocycles. The molecule has 1 rings (SSSR count). The summed E-state index contributed by atoms with van der Waals surface area (Å²) in [5.41, 5.74) is 0. The monoisotopic (exact) mass is 288 g/mol. The van der Waals surface area contributed by atoms with Gasteiger partial charge in [-0.1, -0.05) is 0 Å². The second kappa shape index (κ2) is 3.13. The third kappa shape index (κ3) is 1.48. The average molecular weight is 288 g/mol. The van der Waals surface area contributed by atoms with Gasteiger partial charge in [0.25, 0.3) is 0 Å². The van der Waals surface area contributed by atoms with Gasteiger partial charge in [0.2, 0.25) is 0 Å². The topological polar surface area (TPSA) is 54.4 Å². The summed E-state index contributed by atoms with van der Waals surface area (Å²) in [5.74, 6) is -18.1. The second-order valence-electron chi connectivity index (χ2n) is 3.23. The lowest BCUT2D eigenvalue weighted by atomic mass is 9.93. The van der Waals surface area contributed by atoms with Crippen molar-refractivity contribution in [3.8, 4) is 0 Å². The molecule has 1 aliphatic rings. The van der Waals surface area contributed by atoms with Crippen LogP contribution in [0.25, 0.3) is 0 Å². The highest BCUT2D eigenvalue weighted by atomic mass is 32.2. The zero-order valence-electron chi connectivity index (χ0n) is 7.47. The summed E-state index contributed by atoms with van der Waals surface area (Å²) in [6.07, 6.45) is -2.03. The van der Waals surface area contributed by atoms with Crippen LogP contribution >= 0.6 is 0 Å². The molecule has 0 radical (unpaired) electrons. The summed E-state index contributed by atoms with van der Waals surface area (Å²) in [7, 11) is -6.37. The number of allylic oxidation sites excluding steroid dienone is 1. The molecule has 1 atom stereocenters. The molecule has 0 aromatic heterocycles. The fraction of sp³-hybridized carbons (Fsp3) is 0.667. The van der Waals surface area contributed by atoms with Crippen molar-refractivity contribution < 1.29 is 43.7 Å². The van der Waals surface area contributed by atoms with Crippen LogP contribution in [0.1, 0.15) is 0 Å². The lowest BCUT2D eigenvalue weighted by molar-refractivity contribution is -0.318. The predicted octanol–water partition coefficient (Wildman–Crippen LogP) is 2.02. The molecule has 17 heavy (non-hydrogen) atoms. The quantitative estimate of drug-likeness (QED) is 0.456. The Morgan fingerprint density at radius 1 is 0.824 bits per heavy atom. The summed E-state index contributed by atoms with van der Waals surface area (Å²) >= 11 is 0. The van der Waals surface area contributed by atoms with Crippen LogP contribution in [0, 0.1) is 0 Å². The molecule has 11 heteroatoms. The van der Waals surface area contributed by atoms with Crippen LogP contribution in [0.15, 0.2) is 12.2 Å². The van der Waals surface area contributed by atoms with E-state index in [2.05, 4.69) is 0 Å². The van der Waals surface area contributed by atoms with E-state index >= 15 is 0 Å². The summed E-state index contributed by atoms with van der Waals surface area (Å²) in [4.78, 5) is 0. The Morgan fingerprint density at radius 2 is 1.24 bits per heavy atom. The third-order valence-corrected chi connectivity index (χ3v) is 3.27.